The molecule has 44 heavy (non-hydrogen) atoms. The number of amides is 3. The Morgan fingerprint density at radius 2 is 1.68 bits per heavy atom. The minimum atomic E-state index is -0.902. The second-order valence-electron chi connectivity index (χ2n) is 11.8. The molecule has 1 aliphatic rings. The Bertz CT molecular complexity index is 1200. The van der Waals surface area contributed by atoms with Crippen LogP contribution in [0, 0.1) is 12.3 Å². The second kappa shape index (κ2) is 17.5. The Balaban J connectivity index is 1.49. The summed E-state index contributed by atoms with van der Waals surface area (Å²) in [5.41, 5.74) is 4.10. The number of rotatable bonds is 17. The molecule has 1 aromatic heterocycles. The standard InChI is InChI=1S/C31H46N4O8S/c1-21-27(44-20-33-21)23-7-5-22(6-8-23)18-32-29(39)25-17-24(37)19-35(25)30(40)28(31(2,3)4)34-26(38)9-11-41-13-15-43-16-14-42-12-10-36/h5-8,20,24-25,28,36-37H,9-19H2,1-4H3,(H,32,39)(H,34,38)/t24-,25+,28-/m1/s1. The smallest absolute Gasteiger partial charge is 0.246 e. The van der Waals surface area contributed by atoms with Gasteiger partial charge < -0.3 is 40.0 Å². The second-order valence-corrected chi connectivity index (χ2v) is 12.6. The van der Waals surface area contributed by atoms with E-state index in [2.05, 4.69) is 15.6 Å². The predicted molar refractivity (Wildman–Crippen MR) is 166 cm³/mol. The van der Waals surface area contributed by atoms with Gasteiger partial charge in [0.2, 0.25) is 17.7 Å². The van der Waals surface area contributed by atoms with Crippen molar-refractivity contribution in [1.82, 2.24) is 20.5 Å². The van der Waals surface area contributed by atoms with Crippen LogP contribution in [0.25, 0.3) is 10.4 Å². The molecule has 0 radical (unpaired) electrons. The van der Waals surface area contributed by atoms with Crippen molar-refractivity contribution in [2.24, 2.45) is 5.41 Å². The molecule has 0 saturated carbocycles. The molecule has 0 aliphatic carbocycles. The first-order valence-electron chi connectivity index (χ1n) is 14.9. The zero-order valence-corrected chi connectivity index (χ0v) is 26.9. The number of aliphatic hydroxyl groups is 2. The summed E-state index contributed by atoms with van der Waals surface area (Å²) >= 11 is 1.58. The number of hydrogen-bond donors (Lipinski definition) is 4. The molecule has 1 aliphatic heterocycles. The molecule has 3 rings (SSSR count). The molecule has 0 unspecified atom stereocenters. The van der Waals surface area contributed by atoms with Gasteiger partial charge >= 0.3 is 0 Å². The fourth-order valence-electron chi connectivity index (χ4n) is 4.78. The maximum atomic E-state index is 13.7. The Labute approximate surface area is 263 Å². The van der Waals surface area contributed by atoms with Crippen LogP contribution >= 0.6 is 11.3 Å². The fourth-order valence-corrected chi connectivity index (χ4v) is 5.60. The van der Waals surface area contributed by atoms with Gasteiger partial charge in [0.25, 0.3) is 0 Å². The van der Waals surface area contributed by atoms with Gasteiger partial charge in [-0.05, 0) is 23.5 Å². The number of carbonyl (C=O) groups is 3. The number of nitrogens with zero attached hydrogens (tertiary/aromatic N) is 2. The normalized spacial score (nSPS) is 17.5. The van der Waals surface area contributed by atoms with Crippen LogP contribution in [0.2, 0.25) is 0 Å². The summed E-state index contributed by atoms with van der Waals surface area (Å²) in [6.45, 7) is 9.55. The first-order chi connectivity index (χ1) is 21.0. The monoisotopic (exact) mass is 634 g/mol. The molecule has 3 amide bonds. The molecule has 3 atom stereocenters. The van der Waals surface area contributed by atoms with E-state index in [1.54, 1.807) is 11.3 Å². The molecular formula is C31H46N4O8S. The van der Waals surface area contributed by atoms with E-state index in [1.807, 2.05) is 57.5 Å². The van der Waals surface area contributed by atoms with Crippen molar-refractivity contribution in [1.29, 1.82) is 0 Å². The highest BCUT2D eigenvalue weighted by atomic mass is 32.1. The average molecular weight is 635 g/mol. The first kappa shape index (κ1) is 35.5. The summed E-state index contributed by atoms with van der Waals surface area (Å²) in [7, 11) is 0. The molecule has 1 saturated heterocycles. The van der Waals surface area contributed by atoms with E-state index in [-0.39, 0.29) is 57.6 Å². The van der Waals surface area contributed by atoms with Crippen LogP contribution in [0.15, 0.2) is 29.8 Å². The van der Waals surface area contributed by atoms with Crippen molar-refractivity contribution in [3.8, 4) is 10.4 Å². The van der Waals surface area contributed by atoms with Crippen LogP contribution in [0.4, 0.5) is 0 Å². The van der Waals surface area contributed by atoms with Crippen LogP contribution in [0.5, 0.6) is 0 Å². The first-order valence-corrected chi connectivity index (χ1v) is 15.8. The number of likely N-dealkylation sites (tertiary alicyclic amines) is 1. The molecule has 12 nitrogen and oxygen atoms in total. The van der Waals surface area contributed by atoms with Gasteiger partial charge in [0.15, 0.2) is 0 Å². The largest absolute Gasteiger partial charge is 0.394 e. The topological polar surface area (TPSA) is 160 Å². The third-order valence-electron chi connectivity index (χ3n) is 7.16. The Hall–Kier alpha value is -2.94. The van der Waals surface area contributed by atoms with E-state index in [9.17, 15) is 19.5 Å². The fraction of sp³-hybridized carbons (Fsp3) is 0.613. The molecule has 1 aromatic carbocycles. The van der Waals surface area contributed by atoms with Crippen LogP contribution in [0.3, 0.4) is 0 Å². The number of ether oxygens (including phenoxy) is 3. The minimum absolute atomic E-state index is 0.0103. The van der Waals surface area contributed by atoms with E-state index < -0.39 is 29.5 Å². The SMILES string of the molecule is Cc1ncsc1-c1ccc(CNC(=O)[C@@H]2C[C@@H](O)CN2C(=O)[C@@H](NC(=O)CCOCCOCCOCCO)C(C)(C)C)cc1. The number of aryl methyl sites for hydroxylation is 1. The van der Waals surface area contributed by atoms with E-state index in [4.69, 9.17) is 19.3 Å². The van der Waals surface area contributed by atoms with Gasteiger partial charge in [-0.1, -0.05) is 45.0 Å². The highest BCUT2D eigenvalue weighted by Crippen LogP contribution is 2.28. The van der Waals surface area contributed by atoms with Gasteiger partial charge in [0.05, 0.1) is 68.4 Å². The number of hydrogen-bond acceptors (Lipinski definition) is 10. The summed E-state index contributed by atoms with van der Waals surface area (Å²) in [6, 6.07) is 6.12. The highest BCUT2D eigenvalue weighted by molar-refractivity contribution is 7.13. The molecule has 13 heteroatoms. The van der Waals surface area contributed by atoms with Gasteiger partial charge in [-0.25, -0.2) is 4.98 Å². The highest BCUT2D eigenvalue weighted by Gasteiger charge is 2.44. The maximum absolute atomic E-state index is 13.7. The molecule has 1 fully saturated rings. The van der Waals surface area contributed by atoms with Crippen molar-refractivity contribution >= 4 is 29.1 Å². The number of β-amino-alcohol motifs (C(OH)–C–C–N with tert-alkyl or cyclic N) is 1. The van der Waals surface area contributed by atoms with E-state index in [0.29, 0.717) is 26.4 Å². The summed E-state index contributed by atoms with van der Waals surface area (Å²) in [5, 5.41) is 24.8. The molecule has 2 aromatic rings. The molecular weight excluding hydrogens is 588 g/mol. The van der Waals surface area contributed by atoms with Crippen LogP contribution < -0.4 is 10.6 Å². The van der Waals surface area contributed by atoms with E-state index in [0.717, 1.165) is 21.7 Å². The quantitative estimate of drug-likeness (QED) is 0.190. The third kappa shape index (κ3) is 10.9. The lowest BCUT2D eigenvalue weighted by atomic mass is 9.85. The molecule has 0 spiro atoms. The van der Waals surface area contributed by atoms with Gasteiger partial charge in [0, 0.05) is 25.9 Å². The molecule has 0 bridgehead atoms. The van der Waals surface area contributed by atoms with Gasteiger partial charge in [-0.2, -0.15) is 0 Å². The number of aromatic nitrogens is 1. The number of aliphatic hydroxyl groups excluding tert-OH is 2. The van der Waals surface area contributed by atoms with Crippen molar-refractivity contribution in [2.45, 2.75) is 65.3 Å². The summed E-state index contributed by atoms with van der Waals surface area (Å²) in [5.74, 6) is -1.12. The Morgan fingerprint density at radius 3 is 2.27 bits per heavy atom. The van der Waals surface area contributed by atoms with Crippen molar-refractivity contribution in [2.75, 3.05) is 52.8 Å². The third-order valence-corrected chi connectivity index (χ3v) is 8.14. The van der Waals surface area contributed by atoms with Crippen molar-refractivity contribution in [3.05, 3.63) is 41.0 Å². The van der Waals surface area contributed by atoms with E-state index in [1.165, 1.54) is 4.90 Å². The predicted octanol–water partition coefficient (Wildman–Crippen LogP) is 1.66. The van der Waals surface area contributed by atoms with E-state index >= 15 is 0 Å². The van der Waals surface area contributed by atoms with Gasteiger partial charge in [-0.15, -0.1) is 11.3 Å². The number of thiazole rings is 1. The molecule has 4 N–H and O–H groups in total. The average Bonchev–Trinajstić information content (AvgIpc) is 3.60. The van der Waals surface area contributed by atoms with Gasteiger partial charge in [-0.3, -0.25) is 14.4 Å². The van der Waals surface area contributed by atoms with Crippen LogP contribution in [-0.4, -0.2) is 109 Å². The maximum Gasteiger partial charge on any atom is 0.246 e. The zero-order chi connectivity index (χ0) is 32.1. The summed E-state index contributed by atoms with van der Waals surface area (Å²) < 4.78 is 15.9. The van der Waals surface area contributed by atoms with Gasteiger partial charge in [0.1, 0.15) is 12.1 Å². The van der Waals surface area contributed by atoms with Crippen molar-refractivity contribution in [3.63, 3.8) is 0 Å². The Kier molecular flexibility index (Phi) is 14.2. The lowest BCUT2D eigenvalue weighted by Gasteiger charge is -2.35. The molecule has 244 valence electrons. The number of nitrogens with one attached hydrogen (secondary N) is 2. The zero-order valence-electron chi connectivity index (χ0n) is 26.0. The van der Waals surface area contributed by atoms with Crippen molar-refractivity contribution < 1.29 is 38.8 Å². The summed E-state index contributed by atoms with van der Waals surface area (Å²) in [6.07, 6.45) is -0.673. The number of benzene rings is 1. The number of carbonyl (C=O) groups excluding carboxylic acids is 3. The molecule has 2 heterocycles. The minimum Gasteiger partial charge on any atom is -0.394 e. The van der Waals surface area contributed by atoms with Crippen LogP contribution in [0.1, 0.15) is 44.9 Å². The summed E-state index contributed by atoms with van der Waals surface area (Å²) in [4.78, 5) is 46.5. The lowest BCUT2D eigenvalue weighted by molar-refractivity contribution is -0.144. The van der Waals surface area contributed by atoms with Crippen LogP contribution in [-0.2, 0) is 35.1 Å². The Morgan fingerprint density at radius 1 is 1.05 bits per heavy atom. The lowest BCUT2D eigenvalue weighted by Crippen LogP contribution is -2.57.